The van der Waals surface area contributed by atoms with E-state index in [-0.39, 0.29) is 43.5 Å². The fourth-order valence-corrected chi connectivity index (χ4v) is 4.88. The van der Waals surface area contributed by atoms with Crippen molar-refractivity contribution < 1.29 is 28.2 Å². The Morgan fingerprint density at radius 1 is 1.03 bits per heavy atom. The Balaban J connectivity index is 1.72. The van der Waals surface area contributed by atoms with Crippen molar-refractivity contribution in [1.29, 1.82) is 0 Å². The number of phenolic OH excluding ortho intramolecular Hbond substituents is 1. The van der Waals surface area contributed by atoms with Crippen molar-refractivity contribution in [2.45, 2.75) is 16.7 Å². The molecule has 192 valence electrons. The van der Waals surface area contributed by atoms with Gasteiger partial charge in [-0.1, -0.05) is 18.0 Å². The van der Waals surface area contributed by atoms with Gasteiger partial charge >= 0.3 is 0 Å². The molecule has 0 aliphatic rings. The highest BCUT2D eigenvalue weighted by molar-refractivity contribution is 7.94. The Morgan fingerprint density at radius 3 is 2.38 bits per heavy atom. The van der Waals surface area contributed by atoms with Crippen LogP contribution < -0.4 is 5.32 Å². The molecular formula is C21H16Cl2N6O6S2. The van der Waals surface area contributed by atoms with Gasteiger partial charge in [-0.2, -0.15) is 20.1 Å². The maximum absolute atomic E-state index is 12.0. The number of nitrogens with zero attached hydrogens (tertiary/aromatic N) is 5. The van der Waals surface area contributed by atoms with Gasteiger partial charge in [-0.25, -0.2) is 13.7 Å². The summed E-state index contributed by atoms with van der Waals surface area (Å²) in [6, 6.07) is 12.4. The van der Waals surface area contributed by atoms with Crippen LogP contribution in [0.15, 0.2) is 68.6 Å². The number of aromatic hydroxyl groups is 1. The second-order valence-electron chi connectivity index (χ2n) is 7.15. The summed E-state index contributed by atoms with van der Waals surface area (Å²) in [6.07, 6.45) is 0. The molecule has 0 saturated carbocycles. The highest BCUT2D eigenvalue weighted by Gasteiger charge is 2.16. The molecule has 0 unspecified atom stereocenters. The smallest absolute Gasteiger partial charge is 0.232 e. The van der Waals surface area contributed by atoms with Crippen LogP contribution in [0.2, 0.25) is 10.6 Å². The zero-order chi connectivity index (χ0) is 26.6. The van der Waals surface area contributed by atoms with Crippen LogP contribution in [0.4, 0.5) is 23.0 Å². The lowest BCUT2D eigenvalue weighted by atomic mass is 10.1. The molecule has 37 heavy (non-hydrogen) atoms. The Bertz CT molecular complexity index is 1570. The quantitative estimate of drug-likeness (QED) is 0.0860. The molecule has 0 aliphatic carbocycles. The number of hydrogen-bond acceptors (Lipinski definition) is 13. The largest absolute Gasteiger partial charge is 0.505 e. The fourth-order valence-electron chi connectivity index (χ4n) is 3.14. The number of anilines is 2. The van der Waals surface area contributed by atoms with Gasteiger partial charge in [-0.3, -0.25) is 0 Å². The van der Waals surface area contributed by atoms with Crippen LogP contribution in [-0.4, -0.2) is 39.5 Å². The van der Waals surface area contributed by atoms with Crippen molar-refractivity contribution in [2.24, 2.45) is 10.2 Å². The van der Waals surface area contributed by atoms with E-state index in [1.807, 2.05) is 0 Å². The number of benzene rings is 3. The average Bonchev–Trinajstić information content (AvgIpc) is 2.87. The lowest BCUT2D eigenvalue weighted by Gasteiger charge is -2.11. The van der Waals surface area contributed by atoms with Gasteiger partial charge in [0.05, 0.1) is 33.3 Å². The first kappa shape index (κ1) is 26.9. The number of fused-ring (bicyclic) bond motifs is 1. The molecule has 0 aliphatic heterocycles. The van der Waals surface area contributed by atoms with Gasteiger partial charge in [0.25, 0.3) is 0 Å². The summed E-state index contributed by atoms with van der Waals surface area (Å²) in [4.78, 5) is 12.0. The van der Waals surface area contributed by atoms with E-state index < -0.39 is 9.84 Å². The zero-order valence-electron chi connectivity index (χ0n) is 18.7. The fraction of sp³-hybridized carbons (Fsp3) is 0.0952. The van der Waals surface area contributed by atoms with Gasteiger partial charge in [-0.15, -0.1) is 9.45 Å². The van der Waals surface area contributed by atoms with Gasteiger partial charge in [0.15, 0.2) is 15.6 Å². The first-order chi connectivity index (χ1) is 17.7. The molecule has 0 spiro atoms. The highest BCUT2D eigenvalue weighted by Crippen LogP contribution is 2.44. The summed E-state index contributed by atoms with van der Waals surface area (Å²) in [5.74, 6) is -0.194. The van der Waals surface area contributed by atoms with Crippen molar-refractivity contribution in [2.75, 3.05) is 11.1 Å². The summed E-state index contributed by atoms with van der Waals surface area (Å²) in [6.45, 7) is 1.55. The minimum atomic E-state index is -3.36. The number of azo groups is 1. The van der Waals surface area contributed by atoms with Gasteiger partial charge in [0, 0.05) is 11.1 Å². The van der Waals surface area contributed by atoms with Crippen LogP contribution in [0.1, 0.15) is 6.92 Å². The summed E-state index contributed by atoms with van der Waals surface area (Å²) in [5.41, 5.74) is 0.833. The molecule has 0 radical (unpaired) electrons. The summed E-state index contributed by atoms with van der Waals surface area (Å²) in [5, 5.41) is 35.2. The SMILES string of the molecule is CCS(=O)(=O)c1ccc(/N=N/c2c(SOOO)cc3ccc(Nc4nc(Cl)nc(Cl)n4)cc3c2O)cc1. The molecule has 0 atom stereocenters. The number of rotatable bonds is 9. The van der Waals surface area contributed by atoms with Crippen LogP contribution in [0, 0.1) is 0 Å². The molecule has 1 aromatic heterocycles. The van der Waals surface area contributed by atoms with Crippen LogP contribution in [0.25, 0.3) is 10.8 Å². The molecule has 4 rings (SSSR count). The summed E-state index contributed by atoms with van der Waals surface area (Å²) < 4.78 is 28.6. The molecule has 1 heterocycles. The van der Waals surface area contributed by atoms with E-state index in [4.69, 9.17) is 28.5 Å². The van der Waals surface area contributed by atoms with E-state index in [9.17, 15) is 13.5 Å². The number of aromatic nitrogens is 3. The highest BCUT2D eigenvalue weighted by atomic mass is 35.5. The van der Waals surface area contributed by atoms with Gasteiger partial charge in [0.2, 0.25) is 16.5 Å². The maximum atomic E-state index is 12.0. The van der Waals surface area contributed by atoms with Gasteiger partial charge < -0.3 is 10.4 Å². The van der Waals surface area contributed by atoms with E-state index >= 15 is 0 Å². The third-order valence-electron chi connectivity index (χ3n) is 4.89. The van der Waals surface area contributed by atoms with Crippen LogP contribution in [0.5, 0.6) is 5.75 Å². The molecule has 3 N–H and O–H groups in total. The van der Waals surface area contributed by atoms with Crippen LogP contribution in [-0.2, 0) is 19.2 Å². The second kappa shape index (κ2) is 11.5. The zero-order valence-corrected chi connectivity index (χ0v) is 21.8. The van der Waals surface area contributed by atoms with Crippen LogP contribution >= 0.6 is 35.2 Å². The third-order valence-corrected chi connectivity index (χ3v) is 7.59. The molecule has 4 aromatic rings. The van der Waals surface area contributed by atoms with Crippen molar-refractivity contribution >= 4 is 78.9 Å². The first-order valence-corrected chi connectivity index (χ1v) is 13.4. The average molecular weight is 583 g/mol. The Morgan fingerprint density at radius 2 is 1.73 bits per heavy atom. The minimum absolute atomic E-state index is 0.00297. The van der Waals surface area contributed by atoms with E-state index in [1.165, 1.54) is 24.3 Å². The molecule has 0 saturated heterocycles. The monoisotopic (exact) mass is 582 g/mol. The molecule has 0 fully saturated rings. The van der Waals surface area contributed by atoms with Gasteiger partial charge in [0.1, 0.15) is 5.69 Å². The molecule has 16 heteroatoms. The van der Waals surface area contributed by atoms with E-state index in [2.05, 4.69) is 39.9 Å². The molecule has 0 bridgehead atoms. The topological polar surface area (TPSA) is 168 Å². The van der Waals surface area contributed by atoms with Crippen LogP contribution in [0.3, 0.4) is 0 Å². The summed E-state index contributed by atoms with van der Waals surface area (Å²) >= 11 is 12.2. The molecule has 12 nitrogen and oxygen atoms in total. The van der Waals surface area contributed by atoms with Crippen molar-refractivity contribution in [3.05, 3.63) is 59.1 Å². The van der Waals surface area contributed by atoms with E-state index in [0.717, 1.165) is 0 Å². The summed E-state index contributed by atoms with van der Waals surface area (Å²) in [7, 11) is -3.36. The Kier molecular flexibility index (Phi) is 8.39. The van der Waals surface area contributed by atoms with E-state index in [0.29, 0.717) is 34.2 Å². The molecule has 0 amide bonds. The number of sulfone groups is 1. The predicted molar refractivity (Wildman–Crippen MR) is 138 cm³/mol. The minimum Gasteiger partial charge on any atom is -0.505 e. The lowest BCUT2D eigenvalue weighted by Crippen LogP contribution is -2.02. The predicted octanol–water partition coefficient (Wildman–Crippen LogP) is 6.42. The second-order valence-corrected chi connectivity index (χ2v) is 10.9. The normalized spacial score (nSPS) is 11.9. The number of hydrogen-bond donors (Lipinski definition) is 3. The Labute approximate surface area is 224 Å². The standard InChI is InChI=1S/C21H16Cl2N6O6S2/c1-2-37(32,33)14-7-5-12(6-8-14)28-29-17-16(36-35-34-31)9-11-3-4-13(10-15(11)18(17)30)24-21-26-19(22)25-20(23)27-21/h3-10,30-31H,2H2,1H3,(H,24,25,26,27)/b29-28+. The van der Waals surface area contributed by atoms with Crippen molar-refractivity contribution in [3.8, 4) is 5.75 Å². The Hall–Kier alpha value is -3.11. The lowest BCUT2D eigenvalue weighted by molar-refractivity contribution is -0.432. The maximum Gasteiger partial charge on any atom is 0.232 e. The number of phenols is 1. The van der Waals surface area contributed by atoms with E-state index in [1.54, 1.807) is 31.2 Å². The number of halogens is 2. The molecular weight excluding hydrogens is 567 g/mol. The third kappa shape index (κ3) is 6.42. The molecule has 3 aromatic carbocycles. The number of nitrogens with one attached hydrogen (secondary N) is 1. The van der Waals surface area contributed by atoms with Gasteiger partial charge in [-0.05, 0) is 71.1 Å². The first-order valence-electron chi connectivity index (χ1n) is 10.2. The van der Waals surface area contributed by atoms with Crippen molar-refractivity contribution in [1.82, 2.24) is 15.0 Å². The van der Waals surface area contributed by atoms with Crippen molar-refractivity contribution in [3.63, 3.8) is 0 Å².